The number of quaternary nitrogens is 1. The lowest BCUT2D eigenvalue weighted by molar-refractivity contribution is -0.931. The molecule has 0 spiro atoms. The number of aliphatic hydroxyl groups is 1. The molecule has 5 nitrogen and oxygen atoms in total. The van der Waals surface area contributed by atoms with E-state index in [0.29, 0.717) is 23.0 Å². The van der Waals surface area contributed by atoms with Gasteiger partial charge in [0.15, 0.2) is 12.5 Å². The zero-order valence-corrected chi connectivity index (χ0v) is 17.2. The van der Waals surface area contributed by atoms with Crippen LogP contribution in [0.5, 0.6) is 0 Å². The van der Waals surface area contributed by atoms with E-state index in [1.54, 1.807) is 0 Å². The Bertz CT molecular complexity index is 984. The molecule has 0 saturated carbocycles. The topological polar surface area (TPSA) is 47.4 Å². The molecule has 28 heavy (non-hydrogen) atoms. The van der Waals surface area contributed by atoms with Crippen LogP contribution >= 0.6 is 23.8 Å². The first-order valence-electron chi connectivity index (χ1n) is 9.59. The van der Waals surface area contributed by atoms with Crippen LogP contribution in [0.25, 0.3) is 11.4 Å². The van der Waals surface area contributed by atoms with Gasteiger partial charge in [-0.2, -0.15) is 4.68 Å². The third-order valence-electron chi connectivity index (χ3n) is 5.17. The largest absolute Gasteiger partial charge is 0.387 e. The van der Waals surface area contributed by atoms with Crippen LogP contribution < -0.4 is 4.90 Å². The summed E-state index contributed by atoms with van der Waals surface area (Å²) in [6.07, 6.45) is 1.67. The fourth-order valence-corrected chi connectivity index (χ4v) is 4.13. The summed E-state index contributed by atoms with van der Waals surface area (Å²) in [6, 6.07) is 18.0. The first kappa shape index (κ1) is 19.3. The Morgan fingerprint density at radius 2 is 1.89 bits per heavy atom. The van der Waals surface area contributed by atoms with Crippen molar-refractivity contribution in [3.63, 3.8) is 0 Å². The second-order valence-electron chi connectivity index (χ2n) is 7.34. The number of benzene rings is 2. The minimum atomic E-state index is -0.236. The predicted octanol–water partition coefficient (Wildman–Crippen LogP) is 2.78. The average molecular weight is 416 g/mol. The molecule has 1 aliphatic heterocycles. The molecule has 1 fully saturated rings. The SMILES string of the molecule is O[C@H]1CCC[NH+](Cn2nc(-c3ccc(Cl)cc3)n(Cc3ccccc3)c2=S)C1. The Hall–Kier alpha value is -1.99. The quantitative estimate of drug-likeness (QED) is 0.630. The van der Waals surface area contributed by atoms with Gasteiger partial charge in [0.1, 0.15) is 12.6 Å². The maximum Gasteiger partial charge on any atom is 0.203 e. The van der Waals surface area contributed by atoms with Crippen molar-refractivity contribution in [2.75, 3.05) is 13.1 Å². The van der Waals surface area contributed by atoms with Crippen molar-refractivity contribution in [1.29, 1.82) is 0 Å². The van der Waals surface area contributed by atoms with Crippen LogP contribution in [0.1, 0.15) is 18.4 Å². The predicted molar refractivity (Wildman–Crippen MR) is 113 cm³/mol. The van der Waals surface area contributed by atoms with Gasteiger partial charge in [0, 0.05) is 10.6 Å². The molecule has 0 radical (unpaired) electrons. The van der Waals surface area contributed by atoms with Crippen molar-refractivity contribution >= 4 is 23.8 Å². The van der Waals surface area contributed by atoms with Gasteiger partial charge < -0.3 is 10.0 Å². The Morgan fingerprint density at radius 3 is 2.61 bits per heavy atom. The van der Waals surface area contributed by atoms with Crippen molar-refractivity contribution in [3.05, 3.63) is 70.0 Å². The lowest BCUT2D eigenvalue weighted by atomic mass is 10.1. The Morgan fingerprint density at radius 1 is 1.14 bits per heavy atom. The highest BCUT2D eigenvalue weighted by Crippen LogP contribution is 2.22. The smallest absolute Gasteiger partial charge is 0.203 e. The van der Waals surface area contributed by atoms with Crippen LogP contribution in [-0.4, -0.2) is 38.6 Å². The first-order chi connectivity index (χ1) is 13.6. The van der Waals surface area contributed by atoms with E-state index in [1.165, 1.54) is 10.5 Å². The second-order valence-corrected chi connectivity index (χ2v) is 8.14. The number of nitrogens with zero attached hydrogens (tertiary/aromatic N) is 3. The number of aromatic nitrogens is 3. The summed E-state index contributed by atoms with van der Waals surface area (Å²) in [5.74, 6) is 0.836. The van der Waals surface area contributed by atoms with Gasteiger partial charge in [-0.3, -0.25) is 4.57 Å². The van der Waals surface area contributed by atoms with E-state index in [4.69, 9.17) is 28.9 Å². The number of hydrogen-bond donors (Lipinski definition) is 2. The normalized spacial score (nSPS) is 19.6. The van der Waals surface area contributed by atoms with Crippen LogP contribution in [0.3, 0.4) is 0 Å². The summed E-state index contributed by atoms with van der Waals surface area (Å²) in [4.78, 5) is 1.31. The molecule has 2 aromatic carbocycles. The average Bonchev–Trinajstić information content (AvgIpc) is 2.99. The fraction of sp³-hybridized carbons (Fsp3) is 0.333. The van der Waals surface area contributed by atoms with Crippen LogP contribution in [0.2, 0.25) is 5.02 Å². The minimum absolute atomic E-state index is 0.236. The van der Waals surface area contributed by atoms with E-state index in [1.807, 2.05) is 47.1 Å². The molecule has 1 aromatic heterocycles. The first-order valence-corrected chi connectivity index (χ1v) is 10.4. The molecule has 0 aliphatic carbocycles. The van der Waals surface area contributed by atoms with Gasteiger partial charge in [0.25, 0.3) is 0 Å². The molecular formula is C21H24ClN4OS+. The summed E-state index contributed by atoms with van der Waals surface area (Å²) >= 11 is 11.9. The van der Waals surface area contributed by atoms with Gasteiger partial charge in [0.2, 0.25) is 4.77 Å². The molecule has 0 bridgehead atoms. The summed E-state index contributed by atoms with van der Waals surface area (Å²) in [5.41, 5.74) is 2.16. The molecule has 2 atom stereocenters. The zero-order chi connectivity index (χ0) is 19.5. The van der Waals surface area contributed by atoms with Gasteiger partial charge in [-0.1, -0.05) is 41.9 Å². The van der Waals surface area contributed by atoms with Crippen LogP contribution in [0.15, 0.2) is 54.6 Å². The highest BCUT2D eigenvalue weighted by atomic mass is 35.5. The zero-order valence-electron chi connectivity index (χ0n) is 15.6. The molecule has 1 saturated heterocycles. The van der Waals surface area contributed by atoms with Crippen LogP contribution in [0, 0.1) is 4.77 Å². The lowest BCUT2D eigenvalue weighted by Crippen LogP contribution is -3.13. The van der Waals surface area contributed by atoms with E-state index in [2.05, 4.69) is 16.7 Å². The van der Waals surface area contributed by atoms with Crippen LogP contribution in [-0.2, 0) is 13.2 Å². The summed E-state index contributed by atoms with van der Waals surface area (Å²) in [7, 11) is 0. The number of likely N-dealkylation sites (tertiary alicyclic amines) is 1. The molecule has 2 heterocycles. The molecule has 146 valence electrons. The summed E-state index contributed by atoms with van der Waals surface area (Å²) < 4.78 is 4.67. The second kappa shape index (κ2) is 8.57. The lowest BCUT2D eigenvalue weighted by Gasteiger charge is -2.26. The highest BCUT2D eigenvalue weighted by Gasteiger charge is 2.23. The molecule has 3 aromatic rings. The third kappa shape index (κ3) is 4.36. The molecule has 0 amide bonds. The maximum atomic E-state index is 9.99. The Labute approximate surface area is 174 Å². The van der Waals surface area contributed by atoms with Crippen molar-refractivity contribution in [1.82, 2.24) is 14.3 Å². The van der Waals surface area contributed by atoms with Crippen molar-refractivity contribution in [2.24, 2.45) is 0 Å². The van der Waals surface area contributed by atoms with Gasteiger partial charge >= 0.3 is 0 Å². The van der Waals surface area contributed by atoms with Crippen molar-refractivity contribution < 1.29 is 10.0 Å². The van der Waals surface area contributed by atoms with E-state index in [-0.39, 0.29) is 6.10 Å². The number of piperidine rings is 1. The Kier molecular flexibility index (Phi) is 5.92. The highest BCUT2D eigenvalue weighted by molar-refractivity contribution is 7.71. The van der Waals surface area contributed by atoms with Crippen molar-refractivity contribution in [2.45, 2.75) is 32.2 Å². The third-order valence-corrected chi connectivity index (χ3v) is 5.86. The Balaban J connectivity index is 1.70. The number of nitrogens with one attached hydrogen (secondary N) is 1. The molecular weight excluding hydrogens is 392 g/mol. The monoisotopic (exact) mass is 415 g/mol. The molecule has 1 aliphatic rings. The summed E-state index contributed by atoms with van der Waals surface area (Å²) in [5, 5.41) is 15.5. The molecule has 7 heteroatoms. The van der Waals surface area contributed by atoms with E-state index in [9.17, 15) is 5.11 Å². The number of hydrogen-bond acceptors (Lipinski definition) is 3. The molecule has 4 rings (SSSR count). The number of rotatable bonds is 5. The molecule has 1 unspecified atom stereocenters. The van der Waals surface area contributed by atoms with Gasteiger partial charge in [-0.05, 0) is 54.9 Å². The van der Waals surface area contributed by atoms with Crippen molar-refractivity contribution in [3.8, 4) is 11.4 Å². The van der Waals surface area contributed by atoms with Gasteiger partial charge in [-0.25, -0.2) is 0 Å². The van der Waals surface area contributed by atoms with Crippen LogP contribution in [0.4, 0.5) is 0 Å². The number of halogens is 1. The van der Waals surface area contributed by atoms with Gasteiger partial charge in [0.05, 0.1) is 13.1 Å². The maximum absolute atomic E-state index is 9.99. The minimum Gasteiger partial charge on any atom is -0.387 e. The molecule has 2 N–H and O–H groups in total. The number of aliphatic hydroxyl groups excluding tert-OH is 1. The van der Waals surface area contributed by atoms with E-state index in [0.717, 1.165) is 37.3 Å². The fourth-order valence-electron chi connectivity index (χ4n) is 3.75. The summed E-state index contributed by atoms with van der Waals surface area (Å²) in [6.45, 7) is 3.10. The standard InChI is InChI=1S/C21H23ClN4OS/c22-18-10-8-17(9-11-18)20-23-26(15-24-12-4-7-19(27)14-24)21(28)25(20)13-16-5-2-1-3-6-16/h1-3,5-6,8-11,19,27H,4,7,12-15H2/p+1/t19-/m0/s1. The van der Waals surface area contributed by atoms with E-state index >= 15 is 0 Å². The van der Waals surface area contributed by atoms with Gasteiger partial charge in [-0.15, -0.1) is 5.10 Å². The van der Waals surface area contributed by atoms with E-state index < -0.39 is 0 Å².